The normalized spacial score (nSPS) is 17.8. The van der Waals surface area contributed by atoms with E-state index in [4.69, 9.17) is 4.74 Å². The molecule has 2 aromatic carbocycles. The van der Waals surface area contributed by atoms with E-state index in [1.54, 1.807) is 24.5 Å². The minimum absolute atomic E-state index is 0.00977. The van der Waals surface area contributed by atoms with Crippen LogP contribution in [0, 0.1) is 11.7 Å². The first-order chi connectivity index (χ1) is 13.7. The molecule has 1 heterocycles. The highest BCUT2D eigenvalue weighted by Gasteiger charge is 2.44. The molecule has 1 fully saturated rings. The van der Waals surface area contributed by atoms with E-state index < -0.39 is 0 Å². The van der Waals surface area contributed by atoms with Gasteiger partial charge in [0.05, 0.1) is 0 Å². The van der Waals surface area contributed by atoms with Crippen LogP contribution in [0.2, 0.25) is 0 Å². The molecule has 0 saturated heterocycles. The molecule has 2 atom stereocenters. The molecule has 0 aliphatic heterocycles. The minimum atomic E-state index is -0.232. The van der Waals surface area contributed by atoms with Gasteiger partial charge in [0.25, 0.3) is 0 Å². The van der Waals surface area contributed by atoms with Crippen molar-refractivity contribution in [1.82, 2.24) is 10.3 Å². The highest BCUT2D eigenvalue weighted by molar-refractivity contribution is 5.82. The standard InChI is InChI=1S/C23H21FN2O2/c24-22-6-2-1-5-19(22)20-12-21(20)23(27)26-14-16-7-9-18(10-8-16)28-15-17-4-3-11-25-13-17/h1-11,13,20-21H,12,14-15H2,(H,26,27). The van der Waals surface area contributed by atoms with Gasteiger partial charge in [0.15, 0.2) is 0 Å². The van der Waals surface area contributed by atoms with Crippen molar-refractivity contribution in [3.05, 3.63) is 95.6 Å². The fraction of sp³-hybridized carbons (Fsp3) is 0.217. The van der Waals surface area contributed by atoms with Crippen molar-refractivity contribution in [3.8, 4) is 5.75 Å². The Kier molecular flexibility index (Phi) is 5.33. The van der Waals surface area contributed by atoms with E-state index in [9.17, 15) is 9.18 Å². The summed E-state index contributed by atoms with van der Waals surface area (Å²) in [6.45, 7) is 0.908. The van der Waals surface area contributed by atoms with Crippen LogP contribution in [-0.4, -0.2) is 10.9 Å². The van der Waals surface area contributed by atoms with Gasteiger partial charge in [-0.3, -0.25) is 9.78 Å². The van der Waals surface area contributed by atoms with Crippen molar-refractivity contribution < 1.29 is 13.9 Å². The summed E-state index contributed by atoms with van der Waals surface area (Å²) in [5.41, 5.74) is 2.63. The molecule has 0 radical (unpaired) electrons. The van der Waals surface area contributed by atoms with Crippen molar-refractivity contribution in [2.45, 2.75) is 25.5 Å². The lowest BCUT2D eigenvalue weighted by Gasteiger charge is -2.08. The number of carbonyl (C=O) groups is 1. The molecule has 1 amide bonds. The number of hydrogen-bond acceptors (Lipinski definition) is 3. The van der Waals surface area contributed by atoms with E-state index in [0.717, 1.165) is 16.9 Å². The molecule has 1 aliphatic rings. The number of nitrogens with one attached hydrogen (secondary N) is 1. The van der Waals surface area contributed by atoms with Gasteiger partial charge in [0.1, 0.15) is 18.2 Å². The fourth-order valence-corrected chi connectivity index (χ4v) is 3.28. The number of ether oxygens (including phenoxy) is 1. The van der Waals surface area contributed by atoms with E-state index in [0.29, 0.717) is 25.1 Å². The number of nitrogens with zero attached hydrogens (tertiary/aromatic N) is 1. The maximum atomic E-state index is 13.8. The number of amides is 1. The van der Waals surface area contributed by atoms with Gasteiger partial charge >= 0.3 is 0 Å². The number of carbonyl (C=O) groups excluding carboxylic acids is 1. The largest absolute Gasteiger partial charge is 0.489 e. The van der Waals surface area contributed by atoms with Gasteiger partial charge in [0, 0.05) is 30.4 Å². The Morgan fingerprint density at radius 3 is 2.64 bits per heavy atom. The lowest BCUT2D eigenvalue weighted by molar-refractivity contribution is -0.122. The van der Waals surface area contributed by atoms with Crippen LogP contribution >= 0.6 is 0 Å². The number of benzene rings is 2. The van der Waals surface area contributed by atoms with Crippen molar-refractivity contribution in [2.75, 3.05) is 0 Å². The zero-order valence-electron chi connectivity index (χ0n) is 15.3. The fourth-order valence-electron chi connectivity index (χ4n) is 3.28. The molecule has 4 rings (SSSR count). The van der Waals surface area contributed by atoms with Crippen LogP contribution in [0.3, 0.4) is 0 Å². The van der Waals surface area contributed by atoms with E-state index in [-0.39, 0.29) is 23.6 Å². The Labute approximate surface area is 163 Å². The number of halogens is 1. The van der Waals surface area contributed by atoms with Gasteiger partial charge in [-0.15, -0.1) is 0 Å². The molecule has 0 bridgehead atoms. The summed E-state index contributed by atoms with van der Waals surface area (Å²) in [5, 5.41) is 2.95. The Morgan fingerprint density at radius 1 is 1.07 bits per heavy atom. The van der Waals surface area contributed by atoms with Crippen LogP contribution in [-0.2, 0) is 17.9 Å². The quantitative estimate of drug-likeness (QED) is 0.672. The zero-order chi connectivity index (χ0) is 19.3. The molecule has 5 heteroatoms. The van der Waals surface area contributed by atoms with E-state index >= 15 is 0 Å². The van der Waals surface area contributed by atoms with Crippen molar-refractivity contribution in [3.63, 3.8) is 0 Å². The summed E-state index contributed by atoms with van der Waals surface area (Å²) in [6, 6.07) is 18.2. The Hall–Kier alpha value is -3.21. The maximum absolute atomic E-state index is 13.8. The van der Waals surface area contributed by atoms with Crippen molar-refractivity contribution >= 4 is 5.91 Å². The van der Waals surface area contributed by atoms with E-state index in [2.05, 4.69) is 10.3 Å². The predicted octanol–water partition coefficient (Wildman–Crippen LogP) is 4.22. The average molecular weight is 376 g/mol. The summed E-state index contributed by atoms with van der Waals surface area (Å²) in [6.07, 6.45) is 4.21. The second-order valence-electron chi connectivity index (χ2n) is 6.98. The summed E-state index contributed by atoms with van der Waals surface area (Å²) in [4.78, 5) is 16.4. The Bertz CT molecular complexity index is 944. The monoisotopic (exact) mass is 376 g/mol. The van der Waals surface area contributed by atoms with Crippen molar-refractivity contribution in [2.24, 2.45) is 5.92 Å². The number of hydrogen-bond donors (Lipinski definition) is 1. The van der Waals surface area contributed by atoms with E-state index in [1.165, 1.54) is 6.07 Å². The second-order valence-corrected chi connectivity index (χ2v) is 6.98. The van der Waals surface area contributed by atoms with Crippen LogP contribution in [0.4, 0.5) is 4.39 Å². The number of rotatable bonds is 7. The molecular weight excluding hydrogens is 355 g/mol. The van der Waals surface area contributed by atoms with Crippen molar-refractivity contribution in [1.29, 1.82) is 0 Å². The molecule has 0 spiro atoms. The first-order valence-corrected chi connectivity index (χ1v) is 9.33. The van der Waals surface area contributed by atoms with Crippen LogP contribution < -0.4 is 10.1 Å². The minimum Gasteiger partial charge on any atom is -0.489 e. The molecule has 3 aromatic rings. The van der Waals surface area contributed by atoms with E-state index in [1.807, 2.05) is 42.5 Å². The molecule has 1 N–H and O–H groups in total. The first-order valence-electron chi connectivity index (χ1n) is 9.33. The SMILES string of the molecule is O=C(NCc1ccc(OCc2cccnc2)cc1)C1CC1c1ccccc1F. The lowest BCUT2D eigenvalue weighted by atomic mass is 10.1. The van der Waals surface area contributed by atoms with Gasteiger partial charge in [-0.1, -0.05) is 36.4 Å². The van der Waals surface area contributed by atoms with Crippen LogP contribution in [0.15, 0.2) is 73.1 Å². The summed E-state index contributed by atoms with van der Waals surface area (Å²) < 4.78 is 19.6. The summed E-state index contributed by atoms with van der Waals surface area (Å²) >= 11 is 0. The van der Waals surface area contributed by atoms with Gasteiger partial charge < -0.3 is 10.1 Å². The highest BCUT2D eigenvalue weighted by Crippen LogP contribution is 2.48. The van der Waals surface area contributed by atoms with Crippen LogP contribution in [0.25, 0.3) is 0 Å². The third kappa shape index (κ3) is 4.36. The molecule has 2 unspecified atom stereocenters. The molecule has 1 aromatic heterocycles. The van der Waals surface area contributed by atoms with Gasteiger partial charge in [-0.25, -0.2) is 4.39 Å². The van der Waals surface area contributed by atoms with Gasteiger partial charge in [-0.05, 0) is 47.7 Å². The maximum Gasteiger partial charge on any atom is 0.224 e. The molecule has 28 heavy (non-hydrogen) atoms. The summed E-state index contributed by atoms with van der Waals surface area (Å²) in [5.74, 6) is 0.360. The molecule has 142 valence electrons. The Balaban J connectivity index is 1.25. The third-order valence-electron chi connectivity index (χ3n) is 4.95. The lowest BCUT2D eigenvalue weighted by Crippen LogP contribution is -2.24. The zero-order valence-corrected chi connectivity index (χ0v) is 15.3. The van der Waals surface area contributed by atoms with Gasteiger partial charge in [0.2, 0.25) is 5.91 Å². The molecule has 4 nitrogen and oxygen atoms in total. The van der Waals surface area contributed by atoms with Gasteiger partial charge in [-0.2, -0.15) is 0 Å². The number of aromatic nitrogens is 1. The van der Waals surface area contributed by atoms with Crippen LogP contribution in [0.1, 0.15) is 29.0 Å². The topological polar surface area (TPSA) is 51.2 Å². The predicted molar refractivity (Wildman–Crippen MR) is 104 cm³/mol. The number of pyridine rings is 1. The molecule has 1 aliphatic carbocycles. The Morgan fingerprint density at radius 2 is 1.89 bits per heavy atom. The smallest absolute Gasteiger partial charge is 0.224 e. The molecule has 1 saturated carbocycles. The third-order valence-corrected chi connectivity index (χ3v) is 4.95. The average Bonchev–Trinajstić information content (AvgIpc) is 3.53. The molecular formula is C23H21FN2O2. The second kappa shape index (κ2) is 8.21. The van der Waals surface area contributed by atoms with Crippen LogP contribution in [0.5, 0.6) is 5.75 Å². The first kappa shape index (κ1) is 18.2. The highest BCUT2D eigenvalue weighted by atomic mass is 19.1. The summed E-state index contributed by atoms with van der Waals surface area (Å²) in [7, 11) is 0.